The van der Waals surface area contributed by atoms with Crippen LogP contribution in [0.15, 0.2) is 12.4 Å². The fourth-order valence-electron chi connectivity index (χ4n) is 3.30. The summed E-state index contributed by atoms with van der Waals surface area (Å²) >= 11 is 0. The van der Waals surface area contributed by atoms with E-state index in [2.05, 4.69) is 4.98 Å². The minimum Gasteiger partial charge on any atom is -0.383 e. The molecule has 0 aliphatic heterocycles. The molecule has 0 bridgehead atoms. The maximum Gasteiger partial charge on any atom is 0.252 e. The molecule has 0 spiro atoms. The summed E-state index contributed by atoms with van der Waals surface area (Å²) in [6.45, 7) is 0.511. The van der Waals surface area contributed by atoms with Gasteiger partial charge in [0.15, 0.2) is 0 Å². The van der Waals surface area contributed by atoms with Crippen molar-refractivity contribution in [2.45, 2.75) is 63.6 Å². The molecule has 2 aliphatic rings. The molecule has 0 unspecified atom stereocenters. The molecular formula is C16H25N3O2. The summed E-state index contributed by atoms with van der Waals surface area (Å²) in [5.74, 6) is 0.937. The molecule has 0 saturated heterocycles. The Bertz CT molecular complexity index is 489. The fraction of sp³-hybridized carbons (Fsp3) is 0.750. The number of carbonyl (C=O) groups excluding carboxylic acids is 1. The van der Waals surface area contributed by atoms with Crippen LogP contribution >= 0.6 is 0 Å². The molecular weight excluding hydrogens is 266 g/mol. The molecule has 1 N–H and O–H groups in total. The number of aryl methyl sites for hydroxylation is 1. The Kier molecular flexibility index (Phi) is 4.29. The second-order valence-electron chi connectivity index (χ2n) is 6.49. The van der Waals surface area contributed by atoms with E-state index in [4.69, 9.17) is 0 Å². The number of nitrogens with zero attached hydrogens (tertiary/aromatic N) is 3. The number of aliphatic hydroxyl groups is 1. The summed E-state index contributed by atoms with van der Waals surface area (Å²) in [5, 5.41) is 10.5. The van der Waals surface area contributed by atoms with Crippen molar-refractivity contribution < 1.29 is 9.90 Å². The van der Waals surface area contributed by atoms with E-state index in [0.717, 1.165) is 44.3 Å². The van der Waals surface area contributed by atoms with E-state index < -0.39 is 6.10 Å². The van der Waals surface area contributed by atoms with Crippen LogP contribution in [0.25, 0.3) is 0 Å². The van der Waals surface area contributed by atoms with Crippen LogP contribution in [0.1, 0.15) is 50.8 Å². The van der Waals surface area contributed by atoms with Crippen LogP contribution in [0.4, 0.5) is 0 Å². The van der Waals surface area contributed by atoms with Gasteiger partial charge in [-0.1, -0.05) is 19.3 Å². The Labute approximate surface area is 126 Å². The van der Waals surface area contributed by atoms with E-state index in [1.807, 2.05) is 22.7 Å². The van der Waals surface area contributed by atoms with E-state index in [1.165, 1.54) is 6.42 Å². The van der Waals surface area contributed by atoms with Gasteiger partial charge < -0.3 is 14.6 Å². The minimum atomic E-state index is -0.828. The number of imidazole rings is 1. The molecule has 2 saturated carbocycles. The zero-order chi connectivity index (χ0) is 14.8. The van der Waals surface area contributed by atoms with Gasteiger partial charge in [0.25, 0.3) is 5.91 Å². The van der Waals surface area contributed by atoms with E-state index in [0.29, 0.717) is 12.6 Å². The molecule has 0 aromatic carbocycles. The van der Waals surface area contributed by atoms with Crippen LogP contribution in [-0.2, 0) is 18.4 Å². The lowest BCUT2D eigenvalue weighted by molar-refractivity contribution is -0.145. The quantitative estimate of drug-likeness (QED) is 0.900. The Morgan fingerprint density at radius 1 is 1.38 bits per heavy atom. The average Bonchev–Trinajstić information content (AvgIpc) is 3.28. The molecule has 116 valence electrons. The zero-order valence-corrected chi connectivity index (χ0v) is 12.7. The van der Waals surface area contributed by atoms with Gasteiger partial charge in [-0.2, -0.15) is 0 Å². The number of aromatic nitrogens is 2. The highest BCUT2D eigenvalue weighted by molar-refractivity contribution is 5.81. The van der Waals surface area contributed by atoms with E-state index in [1.54, 1.807) is 6.20 Å². The summed E-state index contributed by atoms with van der Waals surface area (Å²) in [4.78, 5) is 18.9. The summed E-state index contributed by atoms with van der Waals surface area (Å²) < 4.78 is 1.94. The molecule has 1 atom stereocenters. The molecule has 1 aromatic rings. The van der Waals surface area contributed by atoms with Crippen LogP contribution in [-0.4, -0.2) is 37.6 Å². The maximum absolute atomic E-state index is 12.7. The molecule has 21 heavy (non-hydrogen) atoms. The van der Waals surface area contributed by atoms with Gasteiger partial charge in [0, 0.05) is 25.5 Å². The number of amides is 1. The Balaban J connectivity index is 1.68. The lowest BCUT2D eigenvalue weighted by Gasteiger charge is -2.30. The zero-order valence-electron chi connectivity index (χ0n) is 12.7. The first kappa shape index (κ1) is 14.6. The summed E-state index contributed by atoms with van der Waals surface area (Å²) in [5.41, 5.74) is 0. The minimum absolute atomic E-state index is 0.0904. The number of rotatable bonds is 5. The van der Waals surface area contributed by atoms with Crippen molar-refractivity contribution in [3.63, 3.8) is 0 Å². The molecule has 0 radical (unpaired) electrons. The Hall–Kier alpha value is -1.36. The highest BCUT2D eigenvalue weighted by Crippen LogP contribution is 2.32. The van der Waals surface area contributed by atoms with Crippen LogP contribution in [0, 0.1) is 5.92 Å². The lowest BCUT2D eigenvalue weighted by atomic mass is 9.85. The first-order valence-electron chi connectivity index (χ1n) is 8.11. The van der Waals surface area contributed by atoms with Crippen molar-refractivity contribution in [2.75, 3.05) is 0 Å². The normalized spacial score (nSPS) is 21.2. The SMILES string of the molecule is Cn1ccnc1CN(C(=O)[C@H](O)C1CCCCC1)C1CC1. The molecule has 1 heterocycles. The molecule has 5 heteroatoms. The largest absolute Gasteiger partial charge is 0.383 e. The predicted octanol–water partition coefficient (Wildman–Crippen LogP) is 1.85. The number of carbonyl (C=O) groups is 1. The van der Waals surface area contributed by atoms with Crippen molar-refractivity contribution in [1.82, 2.24) is 14.5 Å². The van der Waals surface area contributed by atoms with Crippen LogP contribution < -0.4 is 0 Å². The first-order valence-corrected chi connectivity index (χ1v) is 8.11. The van der Waals surface area contributed by atoms with Crippen LogP contribution in [0.3, 0.4) is 0 Å². The fourth-order valence-corrected chi connectivity index (χ4v) is 3.30. The van der Waals surface area contributed by atoms with Gasteiger partial charge in [0.2, 0.25) is 0 Å². The third kappa shape index (κ3) is 3.28. The van der Waals surface area contributed by atoms with Crippen molar-refractivity contribution in [1.29, 1.82) is 0 Å². The van der Waals surface area contributed by atoms with Crippen molar-refractivity contribution >= 4 is 5.91 Å². The van der Waals surface area contributed by atoms with E-state index in [-0.39, 0.29) is 11.8 Å². The number of aliphatic hydroxyl groups excluding tert-OH is 1. The molecule has 3 rings (SSSR count). The van der Waals surface area contributed by atoms with E-state index >= 15 is 0 Å². The molecule has 1 aromatic heterocycles. The lowest BCUT2D eigenvalue weighted by Crippen LogP contribution is -2.44. The van der Waals surface area contributed by atoms with Crippen molar-refractivity contribution in [2.24, 2.45) is 13.0 Å². The molecule has 1 amide bonds. The second kappa shape index (κ2) is 6.18. The molecule has 5 nitrogen and oxygen atoms in total. The van der Waals surface area contributed by atoms with Crippen LogP contribution in [0.2, 0.25) is 0 Å². The third-order valence-corrected chi connectivity index (χ3v) is 4.85. The van der Waals surface area contributed by atoms with Crippen molar-refractivity contribution in [3.8, 4) is 0 Å². The van der Waals surface area contributed by atoms with Gasteiger partial charge in [0.1, 0.15) is 11.9 Å². The van der Waals surface area contributed by atoms with E-state index in [9.17, 15) is 9.90 Å². The molecule has 2 fully saturated rings. The van der Waals surface area contributed by atoms with Gasteiger partial charge >= 0.3 is 0 Å². The number of hydrogen-bond acceptors (Lipinski definition) is 3. The number of hydrogen-bond donors (Lipinski definition) is 1. The summed E-state index contributed by atoms with van der Waals surface area (Å²) in [6.07, 6.45) is 10.4. The summed E-state index contributed by atoms with van der Waals surface area (Å²) in [7, 11) is 1.94. The van der Waals surface area contributed by atoms with Gasteiger partial charge in [-0.25, -0.2) is 4.98 Å². The highest BCUT2D eigenvalue weighted by Gasteiger charge is 2.38. The van der Waals surface area contributed by atoms with Gasteiger partial charge in [-0.15, -0.1) is 0 Å². The Morgan fingerprint density at radius 3 is 2.67 bits per heavy atom. The molecule has 2 aliphatic carbocycles. The van der Waals surface area contributed by atoms with Gasteiger partial charge in [-0.05, 0) is 31.6 Å². The first-order chi connectivity index (χ1) is 10.2. The average molecular weight is 291 g/mol. The van der Waals surface area contributed by atoms with Crippen molar-refractivity contribution in [3.05, 3.63) is 18.2 Å². The van der Waals surface area contributed by atoms with Crippen LogP contribution in [0.5, 0.6) is 0 Å². The standard InChI is InChI=1S/C16H25N3O2/c1-18-10-9-17-14(18)11-19(13-7-8-13)16(21)15(20)12-5-3-2-4-6-12/h9-10,12-13,15,20H,2-8,11H2,1H3/t15-/m1/s1. The Morgan fingerprint density at radius 2 is 2.10 bits per heavy atom. The topological polar surface area (TPSA) is 58.4 Å². The maximum atomic E-state index is 12.7. The predicted molar refractivity (Wildman–Crippen MR) is 79.4 cm³/mol. The smallest absolute Gasteiger partial charge is 0.252 e. The monoisotopic (exact) mass is 291 g/mol. The van der Waals surface area contributed by atoms with Gasteiger partial charge in [0.05, 0.1) is 6.54 Å². The highest BCUT2D eigenvalue weighted by atomic mass is 16.3. The van der Waals surface area contributed by atoms with Gasteiger partial charge in [-0.3, -0.25) is 4.79 Å². The summed E-state index contributed by atoms with van der Waals surface area (Å²) in [6, 6.07) is 0.299. The third-order valence-electron chi connectivity index (χ3n) is 4.85. The second-order valence-corrected chi connectivity index (χ2v) is 6.49.